The first-order valence-electron chi connectivity index (χ1n) is 13.4. The Morgan fingerprint density at radius 1 is 1.02 bits per heavy atom. The van der Waals surface area contributed by atoms with Gasteiger partial charge in [0, 0.05) is 40.8 Å². The Balaban J connectivity index is 1.22. The average molecular weight is 708 g/mol. The molecule has 3 aromatic carbocycles. The molecule has 1 N–H and O–H groups in total. The molecule has 216 valence electrons. The minimum absolute atomic E-state index is 0.0178. The van der Waals surface area contributed by atoms with Crippen molar-refractivity contribution in [2.45, 2.75) is 11.0 Å². The molecule has 10 heteroatoms. The molecule has 3 heterocycles. The largest absolute Gasteiger partial charge is 0.493 e. The van der Waals surface area contributed by atoms with Gasteiger partial charge in [0.2, 0.25) is 0 Å². The number of alkyl halides is 1. The zero-order valence-corrected chi connectivity index (χ0v) is 25.7. The summed E-state index contributed by atoms with van der Waals surface area (Å²) in [6.45, 7) is 2.19. The molecule has 1 unspecified atom stereocenters. The van der Waals surface area contributed by atoms with Crippen LogP contribution in [0.15, 0.2) is 115 Å². The number of anilines is 2. The summed E-state index contributed by atoms with van der Waals surface area (Å²) < 4.78 is 40.9. The van der Waals surface area contributed by atoms with Gasteiger partial charge in [0.15, 0.2) is 11.6 Å². The number of halogens is 3. The predicted molar refractivity (Wildman–Crippen MR) is 175 cm³/mol. The van der Waals surface area contributed by atoms with Gasteiger partial charge in [-0.15, -0.1) is 11.3 Å². The number of amides is 1. The van der Waals surface area contributed by atoms with E-state index in [1.807, 2.05) is 48.2 Å². The molecule has 6 rings (SSSR count). The van der Waals surface area contributed by atoms with Crippen LogP contribution in [0.1, 0.15) is 6.92 Å². The Morgan fingerprint density at radius 3 is 2.56 bits per heavy atom. The van der Waals surface area contributed by atoms with E-state index in [2.05, 4.69) is 32.9 Å². The Bertz CT molecular complexity index is 1860. The van der Waals surface area contributed by atoms with E-state index >= 15 is 4.39 Å². The molecular formula is C33H24F2IN3O3S. The van der Waals surface area contributed by atoms with Crippen LogP contribution in [-0.4, -0.2) is 21.5 Å². The molecule has 0 radical (unpaired) electrons. The van der Waals surface area contributed by atoms with E-state index in [1.165, 1.54) is 35.6 Å². The van der Waals surface area contributed by atoms with E-state index in [0.29, 0.717) is 29.4 Å². The standard InChI is InChI=1S/C33H24F2IN3O3S/c1-2-41-27-15-17-39(23-11-8-21(34)9-12-23)32(36)30(27)33(40)38-22-10-13-26(24(35)18-22)42-28-14-16-37-25-19-29(43-31(25)28)20-6-4-3-5-7-20/h3-19,32H,2H2,1H3,(H,38,40). The molecule has 0 saturated heterocycles. The van der Waals surface area contributed by atoms with Gasteiger partial charge in [-0.05, 0) is 61.0 Å². The summed E-state index contributed by atoms with van der Waals surface area (Å²) in [4.78, 5) is 20.8. The molecule has 0 spiro atoms. The van der Waals surface area contributed by atoms with Crippen LogP contribution in [-0.2, 0) is 9.53 Å². The van der Waals surface area contributed by atoms with Crippen molar-refractivity contribution in [3.8, 4) is 21.9 Å². The molecule has 0 saturated carbocycles. The number of allylic oxidation sites excluding steroid dienone is 1. The van der Waals surface area contributed by atoms with Crippen LogP contribution in [0.25, 0.3) is 20.7 Å². The molecule has 6 nitrogen and oxygen atoms in total. The van der Waals surface area contributed by atoms with E-state index in [4.69, 9.17) is 9.47 Å². The van der Waals surface area contributed by atoms with E-state index in [1.54, 1.807) is 42.7 Å². The molecule has 1 amide bonds. The maximum atomic E-state index is 15.3. The Hall–Kier alpha value is -4.29. The molecular weight excluding hydrogens is 683 g/mol. The second kappa shape index (κ2) is 12.5. The number of thiophene rings is 1. The Morgan fingerprint density at radius 2 is 1.81 bits per heavy atom. The predicted octanol–water partition coefficient (Wildman–Crippen LogP) is 9.06. The number of rotatable bonds is 8. The van der Waals surface area contributed by atoms with Crippen LogP contribution in [0.4, 0.5) is 20.2 Å². The number of benzene rings is 3. The van der Waals surface area contributed by atoms with Gasteiger partial charge in [-0.25, -0.2) is 8.78 Å². The molecule has 43 heavy (non-hydrogen) atoms. The van der Waals surface area contributed by atoms with Crippen molar-refractivity contribution in [3.63, 3.8) is 0 Å². The van der Waals surface area contributed by atoms with Crippen LogP contribution in [0.3, 0.4) is 0 Å². The van der Waals surface area contributed by atoms with Crippen molar-refractivity contribution in [1.82, 2.24) is 4.98 Å². The highest BCUT2D eigenvalue weighted by Crippen LogP contribution is 2.40. The Labute approximate surface area is 264 Å². The van der Waals surface area contributed by atoms with Gasteiger partial charge in [0.05, 0.1) is 22.4 Å². The lowest BCUT2D eigenvalue weighted by Gasteiger charge is -2.32. The van der Waals surface area contributed by atoms with Gasteiger partial charge in [-0.2, -0.15) is 0 Å². The fourth-order valence-corrected chi connectivity index (χ4v) is 6.79. The highest BCUT2D eigenvalue weighted by molar-refractivity contribution is 14.1. The average Bonchev–Trinajstić information content (AvgIpc) is 3.45. The fourth-order valence-electron chi connectivity index (χ4n) is 4.62. The van der Waals surface area contributed by atoms with Gasteiger partial charge in [-0.1, -0.05) is 52.9 Å². The number of ether oxygens (including phenoxy) is 2. The first-order chi connectivity index (χ1) is 20.9. The third-order valence-electron chi connectivity index (χ3n) is 6.65. The second-order valence-electron chi connectivity index (χ2n) is 9.45. The third-order valence-corrected chi connectivity index (χ3v) is 9.06. The van der Waals surface area contributed by atoms with Crippen LogP contribution in [0.5, 0.6) is 11.5 Å². The zero-order valence-electron chi connectivity index (χ0n) is 22.8. The van der Waals surface area contributed by atoms with Gasteiger partial charge in [-0.3, -0.25) is 9.78 Å². The number of pyridine rings is 1. The lowest BCUT2D eigenvalue weighted by atomic mass is 10.1. The minimum Gasteiger partial charge on any atom is -0.493 e. The SMILES string of the molecule is CCOC1=C(C(=O)Nc2ccc(Oc3ccnc4cc(-c5ccccc5)sc34)c(F)c2)C(I)N(c2ccc(F)cc2)C=C1. The third kappa shape index (κ3) is 6.11. The van der Waals surface area contributed by atoms with Crippen LogP contribution >= 0.6 is 33.9 Å². The molecule has 5 aromatic rings. The van der Waals surface area contributed by atoms with Crippen molar-refractivity contribution >= 4 is 61.4 Å². The zero-order chi connectivity index (χ0) is 29.9. The number of nitrogens with zero attached hydrogens (tertiary/aromatic N) is 2. The number of fused-ring (bicyclic) bond motifs is 1. The van der Waals surface area contributed by atoms with Gasteiger partial charge >= 0.3 is 0 Å². The summed E-state index contributed by atoms with van der Waals surface area (Å²) in [5, 5.41) is 2.79. The summed E-state index contributed by atoms with van der Waals surface area (Å²) in [5.74, 6) is -0.523. The van der Waals surface area contributed by atoms with Crippen molar-refractivity contribution in [2.75, 3.05) is 16.8 Å². The number of hydrogen-bond acceptors (Lipinski definition) is 6. The smallest absolute Gasteiger partial charge is 0.258 e. The summed E-state index contributed by atoms with van der Waals surface area (Å²) in [6, 6.07) is 23.9. The summed E-state index contributed by atoms with van der Waals surface area (Å²) in [5.41, 5.74) is 3.13. The summed E-state index contributed by atoms with van der Waals surface area (Å²) in [6.07, 6.45) is 5.10. The second-order valence-corrected chi connectivity index (χ2v) is 11.7. The lowest BCUT2D eigenvalue weighted by Crippen LogP contribution is -2.36. The van der Waals surface area contributed by atoms with Gasteiger partial charge < -0.3 is 19.7 Å². The number of hydrogen-bond donors (Lipinski definition) is 1. The molecule has 0 aliphatic carbocycles. The quantitative estimate of drug-likeness (QED) is 0.0991. The number of carbonyl (C=O) groups excluding carboxylic acids is 1. The highest BCUT2D eigenvalue weighted by atomic mass is 127. The molecule has 0 fully saturated rings. The topological polar surface area (TPSA) is 63.7 Å². The first kappa shape index (κ1) is 28.8. The van der Waals surface area contributed by atoms with Crippen molar-refractivity contribution in [2.24, 2.45) is 0 Å². The fraction of sp³-hybridized carbons (Fsp3) is 0.0909. The van der Waals surface area contributed by atoms with Crippen LogP contribution in [0.2, 0.25) is 0 Å². The summed E-state index contributed by atoms with van der Waals surface area (Å²) >= 11 is 3.65. The molecule has 1 aliphatic heterocycles. The van der Waals surface area contributed by atoms with Gasteiger partial charge in [0.25, 0.3) is 5.91 Å². The van der Waals surface area contributed by atoms with Crippen LogP contribution < -0.4 is 15.0 Å². The number of nitrogens with one attached hydrogen (secondary N) is 1. The highest BCUT2D eigenvalue weighted by Gasteiger charge is 2.31. The maximum absolute atomic E-state index is 15.3. The van der Waals surface area contributed by atoms with Crippen molar-refractivity contribution in [1.29, 1.82) is 0 Å². The Kier molecular flexibility index (Phi) is 8.39. The van der Waals surface area contributed by atoms with E-state index < -0.39 is 15.8 Å². The minimum atomic E-state index is -0.635. The molecule has 2 aromatic heterocycles. The monoisotopic (exact) mass is 707 g/mol. The molecule has 0 bridgehead atoms. The number of aromatic nitrogens is 1. The van der Waals surface area contributed by atoms with E-state index in [9.17, 15) is 9.18 Å². The maximum Gasteiger partial charge on any atom is 0.258 e. The lowest BCUT2D eigenvalue weighted by molar-refractivity contribution is -0.113. The normalized spacial score (nSPS) is 14.7. The molecule has 1 aliphatic rings. The van der Waals surface area contributed by atoms with Crippen molar-refractivity contribution in [3.05, 3.63) is 126 Å². The van der Waals surface area contributed by atoms with Gasteiger partial charge in [0.1, 0.15) is 21.4 Å². The number of carbonyl (C=O) groups is 1. The van der Waals surface area contributed by atoms with Crippen LogP contribution in [0, 0.1) is 11.6 Å². The molecule has 1 atom stereocenters. The first-order valence-corrected chi connectivity index (χ1v) is 15.4. The van der Waals surface area contributed by atoms with Crippen molar-refractivity contribution < 1.29 is 23.0 Å². The van der Waals surface area contributed by atoms with E-state index in [-0.39, 0.29) is 17.3 Å². The van der Waals surface area contributed by atoms with E-state index in [0.717, 1.165) is 20.7 Å². The summed E-state index contributed by atoms with van der Waals surface area (Å²) in [7, 11) is 0.